The normalized spacial score (nSPS) is 12.0. The summed E-state index contributed by atoms with van der Waals surface area (Å²) < 4.78 is 13.3. The molecule has 2 aromatic heterocycles. The number of benzene rings is 3. The third kappa shape index (κ3) is 5.40. The number of amides is 2. The van der Waals surface area contributed by atoms with Crippen molar-refractivity contribution in [2.75, 3.05) is 5.32 Å². The van der Waals surface area contributed by atoms with Crippen LogP contribution in [0.5, 0.6) is 11.5 Å². The molecule has 0 radical (unpaired) electrons. The molecular formula is C28H25FN4O4. The van der Waals surface area contributed by atoms with Gasteiger partial charge in [-0.05, 0) is 84.6 Å². The van der Waals surface area contributed by atoms with E-state index in [0.717, 1.165) is 27.4 Å². The number of phenolic OH excluding ortho intramolecular Hbond substituents is 2. The Labute approximate surface area is 211 Å². The van der Waals surface area contributed by atoms with E-state index in [-0.39, 0.29) is 30.2 Å². The molecular weight excluding hydrogens is 475 g/mol. The number of hydrogen-bond acceptors (Lipinski definition) is 4. The van der Waals surface area contributed by atoms with Gasteiger partial charge in [-0.15, -0.1) is 0 Å². The van der Waals surface area contributed by atoms with Crippen molar-refractivity contribution in [3.05, 3.63) is 90.0 Å². The largest absolute Gasteiger partial charge is 0.508 e. The van der Waals surface area contributed by atoms with E-state index in [9.17, 15) is 24.2 Å². The molecule has 0 aliphatic carbocycles. The van der Waals surface area contributed by atoms with Crippen LogP contribution < -0.4 is 10.6 Å². The van der Waals surface area contributed by atoms with E-state index in [0.29, 0.717) is 17.7 Å². The molecule has 0 saturated heterocycles. The zero-order valence-electron chi connectivity index (χ0n) is 19.7. The molecule has 0 bridgehead atoms. The number of fused-ring (bicyclic) bond motifs is 2. The van der Waals surface area contributed by atoms with E-state index in [1.54, 1.807) is 42.6 Å². The van der Waals surface area contributed by atoms with Crippen molar-refractivity contribution in [2.24, 2.45) is 0 Å². The highest BCUT2D eigenvalue weighted by atomic mass is 19.1. The Morgan fingerprint density at radius 3 is 2.08 bits per heavy atom. The molecule has 0 spiro atoms. The first-order valence-electron chi connectivity index (χ1n) is 11.8. The topological polar surface area (TPSA) is 130 Å². The average molecular weight is 501 g/mol. The summed E-state index contributed by atoms with van der Waals surface area (Å²) in [7, 11) is 0. The van der Waals surface area contributed by atoms with Crippen LogP contribution in [0.2, 0.25) is 0 Å². The Bertz CT molecular complexity index is 1590. The highest BCUT2D eigenvalue weighted by Gasteiger charge is 2.22. The van der Waals surface area contributed by atoms with Crippen molar-refractivity contribution in [3.8, 4) is 11.5 Å². The number of nitrogens with one attached hydrogen (secondary N) is 4. The SMILES string of the molecule is O=C(Cc1c[nH]c2ccc(O)cc12)NC(CCc1c[nH]c2ccc(O)cc12)C(=O)Nc1ccc(F)cc1. The Morgan fingerprint density at radius 1 is 0.838 bits per heavy atom. The van der Waals surface area contributed by atoms with Gasteiger partial charge in [0.05, 0.1) is 6.42 Å². The molecule has 9 heteroatoms. The monoisotopic (exact) mass is 500 g/mol. The smallest absolute Gasteiger partial charge is 0.246 e. The van der Waals surface area contributed by atoms with Gasteiger partial charge in [0, 0.05) is 39.9 Å². The summed E-state index contributed by atoms with van der Waals surface area (Å²) in [6.45, 7) is 0. The van der Waals surface area contributed by atoms with Crippen LogP contribution in [0, 0.1) is 5.82 Å². The Morgan fingerprint density at radius 2 is 1.43 bits per heavy atom. The van der Waals surface area contributed by atoms with E-state index in [4.69, 9.17) is 0 Å². The number of anilines is 1. The molecule has 37 heavy (non-hydrogen) atoms. The summed E-state index contributed by atoms with van der Waals surface area (Å²) in [5, 5.41) is 26.8. The van der Waals surface area contributed by atoms with Gasteiger partial charge < -0.3 is 30.8 Å². The molecule has 188 valence electrons. The highest BCUT2D eigenvalue weighted by molar-refractivity contribution is 5.98. The molecule has 1 atom stereocenters. The van der Waals surface area contributed by atoms with Gasteiger partial charge in [-0.1, -0.05) is 0 Å². The fourth-order valence-electron chi connectivity index (χ4n) is 4.44. The second-order valence-corrected chi connectivity index (χ2v) is 8.92. The third-order valence-corrected chi connectivity index (χ3v) is 6.32. The van der Waals surface area contributed by atoms with Crippen molar-refractivity contribution in [3.63, 3.8) is 0 Å². The van der Waals surface area contributed by atoms with Gasteiger partial charge in [0.25, 0.3) is 0 Å². The molecule has 6 N–H and O–H groups in total. The molecule has 2 heterocycles. The van der Waals surface area contributed by atoms with Crippen molar-refractivity contribution in [1.82, 2.24) is 15.3 Å². The summed E-state index contributed by atoms with van der Waals surface area (Å²) in [6.07, 6.45) is 4.27. The number of hydrogen-bond donors (Lipinski definition) is 6. The van der Waals surface area contributed by atoms with E-state index in [2.05, 4.69) is 20.6 Å². The summed E-state index contributed by atoms with van der Waals surface area (Å²) in [5.41, 5.74) is 3.63. The van der Waals surface area contributed by atoms with Crippen LogP contribution in [0.15, 0.2) is 73.1 Å². The molecule has 0 aliphatic rings. The predicted molar refractivity (Wildman–Crippen MR) is 139 cm³/mol. The third-order valence-electron chi connectivity index (χ3n) is 6.32. The van der Waals surface area contributed by atoms with Gasteiger partial charge in [0.15, 0.2) is 0 Å². The predicted octanol–water partition coefficient (Wildman–Crippen LogP) is 4.50. The lowest BCUT2D eigenvalue weighted by Crippen LogP contribution is -2.44. The van der Waals surface area contributed by atoms with Gasteiger partial charge in [-0.3, -0.25) is 9.59 Å². The highest BCUT2D eigenvalue weighted by Crippen LogP contribution is 2.25. The van der Waals surface area contributed by atoms with Gasteiger partial charge in [-0.2, -0.15) is 0 Å². The molecule has 0 aliphatic heterocycles. The lowest BCUT2D eigenvalue weighted by Gasteiger charge is -2.19. The number of carbonyl (C=O) groups excluding carboxylic acids is 2. The maximum atomic E-state index is 13.3. The van der Waals surface area contributed by atoms with Crippen LogP contribution >= 0.6 is 0 Å². The number of phenols is 2. The Hall–Kier alpha value is -4.79. The van der Waals surface area contributed by atoms with Crippen LogP contribution in [-0.4, -0.2) is 38.0 Å². The first kappa shape index (κ1) is 23.9. The van der Waals surface area contributed by atoms with Crippen molar-refractivity contribution in [2.45, 2.75) is 25.3 Å². The minimum absolute atomic E-state index is 0.00470. The molecule has 3 aromatic carbocycles. The number of halogens is 1. The van der Waals surface area contributed by atoms with Gasteiger partial charge in [0.2, 0.25) is 11.8 Å². The number of aryl methyl sites for hydroxylation is 1. The molecule has 5 aromatic rings. The average Bonchev–Trinajstić information content (AvgIpc) is 3.46. The minimum atomic E-state index is -0.876. The zero-order chi connectivity index (χ0) is 25.9. The molecule has 5 rings (SSSR count). The second kappa shape index (κ2) is 10.1. The van der Waals surface area contributed by atoms with E-state index in [1.165, 1.54) is 24.3 Å². The van der Waals surface area contributed by atoms with Crippen molar-refractivity contribution < 1.29 is 24.2 Å². The number of aromatic amines is 2. The first-order valence-corrected chi connectivity index (χ1v) is 11.8. The zero-order valence-corrected chi connectivity index (χ0v) is 19.7. The number of aromatic nitrogens is 2. The number of H-pyrrole nitrogens is 2. The maximum Gasteiger partial charge on any atom is 0.246 e. The standard InChI is InChI=1S/C28H25FN4O4/c29-18-2-4-19(5-3-18)32-28(37)26(8-1-16-14-30-24-9-6-20(34)12-22(16)24)33-27(36)11-17-15-31-25-10-7-21(35)13-23(17)25/h2-7,9-10,12-15,26,30-31,34-35H,1,8,11H2,(H,32,37)(H,33,36). The minimum Gasteiger partial charge on any atom is -0.508 e. The lowest BCUT2D eigenvalue weighted by atomic mass is 10.0. The summed E-state index contributed by atoms with van der Waals surface area (Å²) in [5.74, 6) is -0.985. The second-order valence-electron chi connectivity index (χ2n) is 8.92. The summed E-state index contributed by atoms with van der Waals surface area (Å²) in [4.78, 5) is 32.4. The quantitative estimate of drug-likeness (QED) is 0.187. The maximum absolute atomic E-state index is 13.3. The molecule has 1 unspecified atom stereocenters. The summed E-state index contributed by atoms with van der Waals surface area (Å²) >= 11 is 0. The van der Waals surface area contributed by atoms with Crippen molar-refractivity contribution >= 4 is 39.3 Å². The fourth-order valence-corrected chi connectivity index (χ4v) is 4.44. The van der Waals surface area contributed by atoms with Crippen LogP contribution in [0.4, 0.5) is 10.1 Å². The Balaban J connectivity index is 1.34. The first-order chi connectivity index (χ1) is 17.9. The van der Waals surface area contributed by atoms with E-state index >= 15 is 0 Å². The van der Waals surface area contributed by atoms with Crippen LogP contribution in [-0.2, 0) is 22.4 Å². The van der Waals surface area contributed by atoms with Gasteiger partial charge >= 0.3 is 0 Å². The van der Waals surface area contributed by atoms with Crippen LogP contribution in [0.25, 0.3) is 21.8 Å². The fraction of sp³-hybridized carbons (Fsp3) is 0.143. The van der Waals surface area contributed by atoms with Crippen LogP contribution in [0.3, 0.4) is 0 Å². The van der Waals surface area contributed by atoms with E-state index < -0.39 is 17.8 Å². The van der Waals surface area contributed by atoms with Crippen LogP contribution in [0.1, 0.15) is 17.5 Å². The molecule has 8 nitrogen and oxygen atoms in total. The summed E-state index contributed by atoms with van der Waals surface area (Å²) in [6, 6.07) is 14.4. The number of aromatic hydroxyl groups is 2. The number of rotatable bonds is 8. The van der Waals surface area contributed by atoms with Crippen molar-refractivity contribution in [1.29, 1.82) is 0 Å². The number of carbonyl (C=O) groups is 2. The molecule has 2 amide bonds. The van der Waals surface area contributed by atoms with Gasteiger partial charge in [-0.25, -0.2) is 4.39 Å². The molecule has 0 saturated carbocycles. The molecule has 0 fully saturated rings. The van der Waals surface area contributed by atoms with E-state index in [1.807, 2.05) is 6.20 Å². The Kier molecular flexibility index (Phi) is 6.51. The lowest BCUT2D eigenvalue weighted by molar-refractivity contribution is -0.126. The van der Waals surface area contributed by atoms with Gasteiger partial charge in [0.1, 0.15) is 23.4 Å².